The summed E-state index contributed by atoms with van der Waals surface area (Å²) in [6.07, 6.45) is 7.66. The number of aryl methyl sites for hydroxylation is 1. The minimum atomic E-state index is -0.443. The van der Waals surface area contributed by atoms with Crippen molar-refractivity contribution in [1.29, 1.82) is 0 Å². The van der Waals surface area contributed by atoms with Gasteiger partial charge in [0, 0.05) is 49.0 Å². The summed E-state index contributed by atoms with van der Waals surface area (Å²) in [6, 6.07) is 4.09. The molecule has 3 aromatic rings. The Balaban J connectivity index is 1.71. The number of ether oxygens (including phenoxy) is 2. The summed E-state index contributed by atoms with van der Waals surface area (Å²) >= 11 is 1.75. The van der Waals surface area contributed by atoms with Gasteiger partial charge in [0.2, 0.25) is 5.91 Å². The lowest BCUT2D eigenvalue weighted by atomic mass is 9.89. The molecule has 0 radical (unpaired) electrons. The predicted molar refractivity (Wildman–Crippen MR) is 117 cm³/mol. The topological polar surface area (TPSA) is 78.3 Å². The number of carbonyl (C=O) groups excluding carboxylic acids is 1. The molecule has 1 saturated heterocycles. The minimum absolute atomic E-state index is 0.142. The summed E-state index contributed by atoms with van der Waals surface area (Å²) in [4.78, 5) is 22.2. The van der Waals surface area contributed by atoms with Crippen molar-refractivity contribution < 1.29 is 14.3 Å². The Hall–Kier alpha value is -2.42. The van der Waals surface area contributed by atoms with Crippen LogP contribution in [0, 0.1) is 0 Å². The van der Waals surface area contributed by atoms with Gasteiger partial charge in [0.25, 0.3) is 0 Å². The second-order valence-electron chi connectivity index (χ2n) is 7.85. The molecule has 1 atom stereocenters. The van der Waals surface area contributed by atoms with Crippen LogP contribution in [0.1, 0.15) is 24.6 Å². The molecule has 1 fully saturated rings. The number of hydrogen-bond acceptors (Lipinski definition) is 6. The minimum Gasteiger partial charge on any atom is -0.378 e. The van der Waals surface area contributed by atoms with Crippen LogP contribution < -0.4 is 5.32 Å². The van der Waals surface area contributed by atoms with Gasteiger partial charge in [-0.15, -0.1) is 11.8 Å². The van der Waals surface area contributed by atoms with Crippen LogP contribution in [-0.2, 0) is 33.3 Å². The van der Waals surface area contributed by atoms with Crippen molar-refractivity contribution in [2.45, 2.75) is 30.3 Å². The smallest absolute Gasteiger partial charge is 0.222 e. The first-order valence-corrected chi connectivity index (χ1v) is 11.3. The molecular formula is C22H24N4O3S. The highest BCUT2D eigenvalue weighted by Gasteiger charge is 2.44. The summed E-state index contributed by atoms with van der Waals surface area (Å²) in [5.74, 6) is 0.394. The molecule has 8 heteroatoms. The van der Waals surface area contributed by atoms with E-state index in [4.69, 9.17) is 14.5 Å². The van der Waals surface area contributed by atoms with Crippen LogP contribution in [-0.4, -0.2) is 46.5 Å². The predicted octanol–water partition coefficient (Wildman–Crippen LogP) is 3.50. The number of fused-ring (bicyclic) bond motifs is 3. The molecule has 1 N–H and O–H groups in total. The molecule has 0 aliphatic carbocycles. The van der Waals surface area contributed by atoms with Crippen LogP contribution in [0.15, 0.2) is 29.4 Å². The molecule has 1 spiro atoms. The van der Waals surface area contributed by atoms with Crippen LogP contribution in [0.3, 0.4) is 0 Å². The second kappa shape index (κ2) is 7.37. The average Bonchev–Trinajstić information content (AvgIpc) is 3.32. The highest BCUT2D eigenvalue weighted by Crippen LogP contribution is 2.43. The lowest BCUT2D eigenvalue weighted by molar-refractivity contribution is -0.114. The monoisotopic (exact) mass is 424 g/mol. The number of hydrogen-bond donors (Lipinski definition) is 1. The zero-order valence-electron chi connectivity index (χ0n) is 17.3. The van der Waals surface area contributed by atoms with Crippen LogP contribution in [0.5, 0.6) is 0 Å². The van der Waals surface area contributed by atoms with Gasteiger partial charge in [-0.25, -0.2) is 9.97 Å². The molecular weight excluding hydrogens is 400 g/mol. The summed E-state index contributed by atoms with van der Waals surface area (Å²) < 4.78 is 14.0. The summed E-state index contributed by atoms with van der Waals surface area (Å²) in [5, 5.41) is 3.78. The number of amides is 1. The van der Waals surface area contributed by atoms with E-state index in [-0.39, 0.29) is 5.91 Å². The molecule has 5 rings (SSSR count). The van der Waals surface area contributed by atoms with Crippen LogP contribution in [0.25, 0.3) is 22.2 Å². The van der Waals surface area contributed by atoms with Crippen molar-refractivity contribution in [3.8, 4) is 11.3 Å². The van der Waals surface area contributed by atoms with Gasteiger partial charge in [0.1, 0.15) is 11.4 Å². The van der Waals surface area contributed by atoms with Crippen LogP contribution >= 0.6 is 11.8 Å². The Kier molecular flexibility index (Phi) is 4.80. The van der Waals surface area contributed by atoms with Crippen LogP contribution in [0.4, 0.5) is 5.82 Å². The Labute approximate surface area is 179 Å². The molecule has 2 aliphatic rings. The molecule has 156 valence electrons. The van der Waals surface area contributed by atoms with Crippen molar-refractivity contribution >= 4 is 34.4 Å². The third-order valence-electron chi connectivity index (χ3n) is 5.91. The zero-order valence-corrected chi connectivity index (χ0v) is 18.1. The zero-order chi connectivity index (χ0) is 20.9. The Bertz CT molecular complexity index is 1150. The Morgan fingerprint density at radius 3 is 2.93 bits per heavy atom. The SMILES string of the molecule is CSc1cc(-c2cn(C)c3cnc(NC(C)=O)cc23)nc2c1CCOC21CCOC1. The van der Waals surface area contributed by atoms with Gasteiger partial charge in [-0.3, -0.25) is 4.79 Å². The highest BCUT2D eigenvalue weighted by molar-refractivity contribution is 7.98. The maximum Gasteiger partial charge on any atom is 0.222 e. The quantitative estimate of drug-likeness (QED) is 0.649. The number of anilines is 1. The summed E-state index contributed by atoms with van der Waals surface area (Å²) in [6.45, 7) is 3.43. The van der Waals surface area contributed by atoms with Crippen molar-refractivity contribution in [3.05, 3.63) is 35.8 Å². The second-order valence-corrected chi connectivity index (χ2v) is 8.70. The highest BCUT2D eigenvalue weighted by atomic mass is 32.2. The fourth-order valence-corrected chi connectivity index (χ4v) is 5.16. The number of thioether (sulfide) groups is 1. The van der Waals surface area contributed by atoms with Gasteiger partial charge in [-0.1, -0.05) is 0 Å². The normalized spacial score (nSPS) is 20.6. The molecule has 0 aromatic carbocycles. The molecule has 3 aromatic heterocycles. The molecule has 5 heterocycles. The molecule has 0 saturated carbocycles. The Morgan fingerprint density at radius 1 is 1.33 bits per heavy atom. The average molecular weight is 425 g/mol. The van der Waals surface area contributed by atoms with E-state index in [1.807, 2.05) is 17.7 Å². The van der Waals surface area contributed by atoms with E-state index in [1.54, 1.807) is 18.0 Å². The first kappa shape index (κ1) is 19.5. The van der Waals surface area contributed by atoms with Gasteiger partial charge >= 0.3 is 0 Å². The molecule has 0 bridgehead atoms. The van der Waals surface area contributed by atoms with E-state index >= 15 is 0 Å². The van der Waals surface area contributed by atoms with Gasteiger partial charge in [-0.2, -0.15) is 0 Å². The van der Waals surface area contributed by atoms with Gasteiger partial charge in [-0.05, 0) is 30.4 Å². The van der Waals surface area contributed by atoms with Crippen molar-refractivity contribution in [2.75, 3.05) is 31.4 Å². The Morgan fingerprint density at radius 2 is 2.20 bits per heavy atom. The number of nitrogens with zero attached hydrogens (tertiary/aromatic N) is 3. The fourth-order valence-electron chi connectivity index (χ4n) is 4.48. The van der Waals surface area contributed by atoms with E-state index in [0.717, 1.165) is 40.7 Å². The molecule has 7 nitrogen and oxygen atoms in total. The fraction of sp³-hybridized carbons (Fsp3) is 0.409. The summed E-state index contributed by atoms with van der Waals surface area (Å²) in [7, 11) is 1.99. The molecule has 1 unspecified atom stereocenters. The van der Waals surface area contributed by atoms with Crippen molar-refractivity contribution in [1.82, 2.24) is 14.5 Å². The lowest BCUT2D eigenvalue weighted by Crippen LogP contribution is -2.37. The van der Waals surface area contributed by atoms with E-state index in [9.17, 15) is 4.79 Å². The molecule has 2 aliphatic heterocycles. The number of nitrogens with one attached hydrogen (secondary N) is 1. The number of carbonyl (C=O) groups is 1. The van der Waals surface area contributed by atoms with E-state index in [0.29, 0.717) is 25.6 Å². The van der Waals surface area contributed by atoms with E-state index in [2.05, 4.69) is 28.8 Å². The first-order valence-electron chi connectivity index (χ1n) is 10.0. The summed E-state index contributed by atoms with van der Waals surface area (Å²) in [5.41, 5.74) is 4.76. The van der Waals surface area contributed by atoms with Gasteiger partial charge in [0.05, 0.1) is 36.3 Å². The van der Waals surface area contributed by atoms with Gasteiger partial charge in [0.15, 0.2) is 0 Å². The largest absolute Gasteiger partial charge is 0.378 e. The first-order chi connectivity index (χ1) is 14.5. The molecule has 1 amide bonds. The van der Waals surface area contributed by atoms with Crippen molar-refractivity contribution in [2.24, 2.45) is 7.05 Å². The third-order valence-corrected chi connectivity index (χ3v) is 6.71. The number of pyridine rings is 2. The standard InChI is InChI=1S/C22H24N4O3S/c1-13(27)24-20-8-15-16(11-26(2)18(15)10-23-20)17-9-19(30-3)14-4-6-29-22(21(14)25-17)5-7-28-12-22/h8-11H,4-7,12H2,1-3H3,(H,23,24,27). The van der Waals surface area contributed by atoms with Crippen molar-refractivity contribution in [3.63, 3.8) is 0 Å². The number of aromatic nitrogens is 3. The van der Waals surface area contributed by atoms with Crippen LogP contribution in [0.2, 0.25) is 0 Å². The third kappa shape index (κ3) is 3.10. The molecule has 30 heavy (non-hydrogen) atoms. The van der Waals surface area contributed by atoms with E-state index < -0.39 is 5.60 Å². The lowest BCUT2D eigenvalue weighted by Gasteiger charge is -2.34. The van der Waals surface area contributed by atoms with Gasteiger partial charge < -0.3 is 19.4 Å². The number of rotatable bonds is 3. The van der Waals surface area contributed by atoms with E-state index in [1.165, 1.54) is 17.4 Å². The maximum atomic E-state index is 11.5. The maximum absolute atomic E-state index is 11.5.